The van der Waals surface area contributed by atoms with Gasteiger partial charge in [0.15, 0.2) is 0 Å². The van der Waals surface area contributed by atoms with E-state index < -0.39 is 16.7 Å². The standard InChI is InChI=1S/C13H13NO2S2.C5H10O2/c1-13(9-14,8-7-11(15)16)18-12(17)10-5-3-2-4-6-10;1-2-3-4-5(6)7/h2-6H,7-8H2,1H3,(H,15,16);2-4H2,1H3,(H,6,7). The highest BCUT2D eigenvalue weighted by Crippen LogP contribution is 2.32. The predicted molar refractivity (Wildman–Crippen MR) is 104 cm³/mol. The van der Waals surface area contributed by atoms with E-state index in [-0.39, 0.29) is 12.8 Å². The first kappa shape index (κ1) is 23.1. The summed E-state index contributed by atoms with van der Waals surface area (Å²) in [6.07, 6.45) is 2.32. The van der Waals surface area contributed by atoms with Gasteiger partial charge >= 0.3 is 11.9 Å². The molecule has 0 saturated carbocycles. The van der Waals surface area contributed by atoms with Crippen LogP contribution in [0.1, 0.15) is 51.5 Å². The Balaban J connectivity index is 0.000000697. The number of rotatable bonds is 8. The zero-order valence-corrected chi connectivity index (χ0v) is 16.0. The number of nitrogens with zero attached hydrogens (tertiary/aromatic N) is 1. The summed E-state index contributed by atoms with van der Waals surface area (Å²) in [6, 6.07) is 11.6. The Kier molecular flexibility index (Phi) is 11.5. The van der Waals surface area contributed by atoms with Crippen LogP contribution in [0, 0.1) is 11.3 Å². The molecule has 25 heavy (non-hydrogen) atoms. The molecule has 0 saturated heterocycles. The second-order valence-electron chi connectivity index (χ2n) is 5.49. The van der Waals surface area contributed by atoms with Crippen molar-refractivity contribution in [2.24, 2.45) is 0 Å². The zero-order valence-electron chi connectivity index (χ0n) is 14.4. The van der Waals surface area contributed by atoms with Gasteiger partial charge in [0.1, 0.15) is 4.75 Å². The summed E-state index contributed by atoms with van der Waals surface area (Å²) in [4.78, 5) is 20.3. The molecule has 0 heterocycles. The van der Waals surface area contributed by atoms with Crippen LogP contribution in [0.15, 0.2) is 30.3 Å². The Labute approximate surface area is 158 Å². The van der Waals surface area contributed by atoms with Crippen molar-refractivity contribution in [3.05, 3.63) is 35.9 Å². The summed E-state index contributed by atoms with van der Waals surface area (Å²) in [6.45, 7) is 3.69. The number of hydrogen-bond donors (Lipinski definition) is 2. The van der Waals surface area contributed by atoms with Gasteiger partial charge in [0.25, 0.3) is 0 Å². The summed E-state index contributed by atoms with van der Waals surface area (Å²) in [5, 5.41) is 25.9. The Morgan fingerprint density at radius 1 is 1.20 bits per heavy atom. The van der Waals surface area contributed by atoms with E-state index in [1.165, 1.54) is 11.8 Å². The maximum absolute atomic E-state index is 10.6. The summed E-state index contributed by atoms with van der Waals surface area (Å²) >= 11 is 6.53. The van der Waals surface area contributed by atoms with Crippen LogP contribution < -0.4 is 0 Å². The normalized spacial score (nSPS) is 12.0. The number of carboxylic acids is 2. The molecule has 1 rings (SSSR count). The van der Waals surface area contributed by atoms with Gasteiger partial charge in [-0.3, -0.25) is 9.59 Å². The van der Waals surface area contributed by atoms with E-state index in [4.69, 9.17) is 22.4 Å². The number of benzene rings is 1. The van der Waals surface area contributed by atoms with Gasteiger partial charge in [-0.1, -0.05) is 67.7 Å². The van der Waals surface area contributed by atoms with Crippen LogP contribution >= 0.6 is 24.0 Å². The van der Waals surface area contributed by atoms with Crippen molar-refractivity contribution in [2.75, 3.05) is 0 Å². The molecule has 0 bridgehead atoms. The molecule has 1 aromatic rings. The molecule has 0 aliphatic carbocycles. The maximum Gasteiger partial charge on any atom is 0.303 e. The third-order valence-electron chi connectivity index (χ3n) is 3.12. The first-order valence-corrected chi connectivity index (χ1v) is 9.09. The highest BCUT2D eigenvalue weighted by molar-refractivity contribution is 8.24. The molecule has 0 radical (unpaired) electrons. The second kappa shape index (κ2) is 12.5. The number of thiocarbonyl (C=S) groups is 1. The SMILES string of the molecule is CC(C#N)(CCC(=O)O)SC(=S)c1ccccc1.CCCCC(=O)O. The molecule has 0 aliphatic rings. The lowest BCUT2D eigenvalue weighted by Gasteiger charge is -2.20. The molecule has 7 heteroatoms. The number of unbranched alkanes of at least 4 members (excludes halogenated alkanes) is 1. The van der Waals surface area contributed by atoms with Crippen molar-refractivity contribution in [3.63, 3.8) is 0 Å². The predicted octanol–water partition coefficient (Wildman–Crippen LogP) is 4.50. The zero-order chi connectivity index (χ0) is 19.3. The molecule has 136 valence electrons. The van der Waals surface area contributed by atoms with Gasteiger partial charge < -0.3 is 10.2 Å². The molecule has 0 aliphatic heterocycles. The average molecular weight is 382 g/mol. The van der Waals surface area contributed by atoms with Crippen LogP contribution in [0.4, 0.5) is 0 Å². The van der Waals surface area contributed by atoms with Crippen molar-refractivity contribution in [3.8, 4) is 6.07 Å². The Hall–Kier alpha value is -1.91. The minimum atomic E-state index is -0.900. The smallest absolute Gasteiger partial charge is 0.303 e. The highest BCUT2D eigenvalue weighted by Gasteiger charge is 2.27. The van der Waals surface area contributed by atoms with Crippen LogP contribution in [0.2, 0.25) is 0 Å². The van der Waals surface area contributed by atoms with Crippen molar-refractivity contribution in [1.29, 1.82) is 5.26 Å². The molecule has 2 N–H and O–H groups in total. The van der Waals surface area contributed by atoms with Crippen LogP contribution in [-0.2, 0) is 9.59 Å². The van der Waals surface area contributed by atoms with Gasteiger partial charge in [0.2, 0.25) is 0 Å². The number of carboxylic acid groups (broad SMARTS) is 2. The molecule has 0 spiro atoms. The first-order valence-electron chi connectivity index (χ1n) is 7.87. The minimum Gasteiger partial charge on any atom is -0.481 e. The Morgan fingerprint density at radius 2 is 1.76 bits per heavy atom. The molecule has 0 amide bonds. The number of aliphatic carboxylic acids is 2. The molecular formula is C18H23NO4S2. The van der Waals surface area contributed by atoms with Gasteiger partial charge in [-0.2, -0.15) is 5.26 Å². The molecule has 1 unspecified atom stereocenters. The van der Waals surface area contributed by atoms with Crippen molar-refractivity contribution in [1.82, 2.24) is 0 Å². The number of carbonyl (C=O) groups is 2. The van der Waals surface area contributed by atoms with E-state index in [0.717, 1.165) is 18.4 Å². The third-order valence-corrected chi connectivity index (χ3v) is 4.78. The lowest BCUT2D eigenvalue weighted by atomic mass is 10.1. The summed E-state index contributed by atoms with van der Waals surface area (Å²) in [5.74, 6) is -1.59. The number of nitriles is 1. The second-order valence-corrected chi connectivity index (χ2v) is 7.67. The monoisotopic (exact) mass is 381 g/mol. The van der Waals surface area contributed by atoms with Gasteiger partial charge in [0, 0.05) is 12.8 Å². The molecule has 1 aromatic carbocycles. The fourth-order valence-electron chi connectivity index (χ4n) is 1.64. The minimum absolute atomic E-state index is 0.0333. The largest absolute Gasteiger partial charge is 0.481 e. The summed E-state index contributed by atoms with van der Waals surface area (Å²) in [7, 11) is 0. The molecule has 5 nitrogen and oxygen atoms in total. The van der Waals surface area contributed by atoms with E-state index >= 15 is 0 Å². The first-order chi connectivity index (χ1) is 11.7. The highest BCUT2D eigenvalue weighted by atomic mass is 32.2. The van der Waals surface area contributed by atoms with E-state index in [1.807, 2.05) is 37.3 Å². The molecule has 1 atom stereocenters. The van der Waals surface area contributed by atoms with Crippen LogP contribution in [0.25, 0.3) is 0 Å². The number of hydrogen-bond acceptors (Lipinski definition) is 5. The van der Waals surface area contributed by atoms with Gasteiger partial charge in [-0.05, 0) is 25.3 Å². The van der Waals surface area contributed by atoms with E-state index in [2.05, 4.69) is 6.07 Å². The van der Waals surface area contributed by atoms with Crippen LogP contribution in [0.3, 0.4) is 0 Å². The topological polar surface area (TPSA) is 98.4 Å². The van der Waals surface area contributed by atoms with Gasteiger partial charge in [0.05, 0.1) is 10.3 Å². The summed E-state index contributed by atoms with van der Waals surface area (Å²) < 4.78 is -0.185. The average Bonchev–Trinajstić information content (AvgIpc) is 2.59. The summed E-state index contributed by atoms with van der Waals surface area (Å²) in [5.41, 5.74) is 0.884. The van der Waals surface area contributed by atoms with E-state index in [9.17, 15) is 14.9 Å². The van der Waals surface area contributed by atoms with Crippen molar-refractivity contribution >= 4 is 40.1 Å². The Bertz CT molecular complexity index is 613. The molecule has 0 aromatic heterocycles. The van der Waals surface area contributed by atoms with Gasteiger partial charge in [-0.15, -0.1) is 0 Å². The van der Waals surface area contributed by atoms with Crippen LogP contribution in [-0.4, -0.2) is 31.1 Å². The maximum atomic E-state index is 10.6. The molecular weight excluding hydrogens is 358 g/mol. The number of thioether (sulfide) groups is 1. The quantitative estimate of drug-likeness (QED) is 0.639. The van der Waals surface area contributed by atoms with Crippen molar-refractivity contribution in [2.45, 2.75) is 50.7 Å². The third kappa shape index (κ3) is 11.3. The fourth-order valence-corrected chi connectivity index (χ4v) is 3.24. The van der Waals surface area contributed by atoms with Crippen molar-refractivity contribution < 1.29 is 19.8 Å². The van der Waals surface area contributed by atoms with E-state index in [0.29, 0.717) is 10.6 Å². The molecule has 0 fully saturated rings. The van der Waals surface area contributed by atoms with E-state index in [1.54, 1.807) is 6.92 Å². The lowest BCUT2D eigenvalue weighted by molar-refractivity contribution is -0.138. The lowest BCUT2D eigenvalue weighted by Crippen LogP contribution is -2.21. The Morgan fingerprint density at radius 3 is 2.16 bits per heavy atom. The van der Waals surface area contributed by atoms with Gasteiger partial charge in [-0.25, -0.2) is 0 Å². The fraction of sp³-hybridized carbons (Fsp3) is 0.444. The van der Waals surface area contributed by atoms with Crippen LogP contribution in [0.5, 0.6) is 0 Å².